The summed E-state index contributed by atoms with van der Waals surface area (Å²) in [5.41, 5.74) is 4.16. The molecule has 3 aromatic rings. The summed E-state index contributed by atoms with van der Waals surface area (Å²) in [6.45, 7) is 6.06. The van der Waals surface area contributed by atoms with Gasteiger partial charge in [0.25, 0.3) is 0 Å². The zero-order chi connectivity index (χ0) is 23.0. The number of methoxy groups -OCH3 is 1. The lowest BCUT2D eigenvalue weighted by atomic mass is 9.85. The van der Waals surface area contributed by atoms with Crippen molar-refractivity contribution in [2.24, 2.45) is 0 Å². The Balaban J connectivity index is 1.87. The minimum Gasteiger partial charge on any atom is -0.493 e. The number of hydrogen-bond acceptors (Lipinski definition) is 5. The summed E-state index contributed by atoms with van der Waals surface area (Å²) in [5, 5.41) is 5.27. The summed E-state index contributed by atoms with van der Waals surface area (Å²) >= 11 is 1.30. The van der Waals surface area contributed by atoms with Crippen LogP contribution in [0.2, 0.25) is 0 Å². The quantitative estimate of drug-likeness (QED) is 0.437. The zero-order valence-corrected chi connectivity index (χ0v) is 19.0. The van der Waals surface area contributed by atoms with Gasteiger partial charge in [-0.25, -0.2) is 9.18 Å². The van der Waals surface area contributed by atoms with E-state index >= 15 is 0 Å². The number of carbonyl (C=O) groups is 1. The van der Waals surface area contributed by atoms with Crippen LogP contribution in [0.3, 0.4) is 0 Å². The van der Waals surface area contributed by atoms with Gasteiger partial charge in [-0.2, -0.15) is 4.39 Å². The van der Waals surface area contributed by atoms with Crippen LogP contribution >= 0.6 is 11.3 Å². The van der Waals surface area contributed by atoms with Crippen LogP contribution in [-0.4, -0.2) is 18.6 Å². The molecule has 0 bridgehead atoms. The molecule has 4 nitrogen and oxygen atoms in total. The molecule has 0 aliphatic carbocycles. The fourth-order valence-electron chi connectivity index (χ4n) is 4.15. The lowest BCUT2D eigenvalue weighted by Crippen LogP contribution is -2.32. The van der Waals surface area contributed by atoms with Gasteiger partial charge in [-0.1, -0.05) is 18.2 Å². The molecule has 0 amide bonds. The minimum atomic E-state index is -1.06. The summed E-state index contributed by atoms with van der Waals surface area (Å²) in [6.07, 6.45) is 2.09. The van der Waals surface area contributed by atoms with E-state index in [0.29, 0.717) is 21.6 Å². The highest BCUT2D eigenvalue weighted by Crippen LogP contribution is 2.43. The largest absolute Gasteiger partial charge is 0.493 e. The molecule has 2 aromatic carbocycles. The van der Waals surface area contributed by atoms with E-state index in [-0.39, 0.29) is 17.9 Å². The van der Waals surface area contributed by atoms with Gasteiger partial charge in [-0.15, -0.1) is 11.3 Å². The Kier molecular flexibility index (Phi) is 5.77. The van der Waals surface area contributed by atoms with Crippen LogP contribution in [-0.2, 0) is 11.3 Å². The van der Waals surface area contributed by atoms with E-state index in [1.807, 2.05) is 19.1 Å². The van der Waals surface area contributed by atoms with Crippen molar-refractivity contribution in [1.82, 2.24) is 0 Å². The molecule has 32 heavy (non-hydrogen) atoms. The van der Waals surface area contributed by atoms with E-state index in [9.17, 15) is 13.6 Å². The predicted molar refractivity (Wildman–Crippen MR) is 123 cm³/mol. The topological polar surface area (TPSA) is 47.6 Å². The first-order chi connectivity index (χ1) is 15.2. The number of anilines is 1. The molecule has 1 aliphatic rings. The maximum atomic E-state index is 14.5. The fourth-order valence-corrected chi connectivity index (χ4v) is 4.76. The van der Waals surface area contributed by atoms with Gasteiger partial charge in [-0.05, 0) is 61.6 Å². The first-order valence-electron chi connectivity index (χ1n) is 10.1. The third-order valence-corrected chi connectivity index (χ3v) is 6.21. The van der Waals surface area contributed by atoms with Crippen LogP contribution in [0, 0.1) is 11.6 Å². The van der Waals surface area contributed by atoms with Crippen molar-refractivity contribution in [3.8, 4) is 16.9 Å². The molecule has 0 spiro atoms. The Morgan fingerprint density at radius 1 is 1.12 bits per heavy atom. The monoisotopic (exact) mass is 455 g/mol. The van der Waals surface area contributed by atoms with Gasteiger partial charge >= 0.3 is 5.97 Å². The van der Waals surface area contributed by atoms with E-state index in [2.05, 4.69) is 25.2 Å². The normalized spacial score (nSPS) is 14.2. The van der Waals surface area contributed by atoms with Gasteiger partial charge in [-0.3, -0.25) is 0 Å². The van der Waals surface area contributed by atoms with Crippen molar-refractivity contribution in [2.75, 3.05) is 12.4 Å². The molecule has 0 saturated carbocycles. The van der Waals surface area contributed by atoms with E-state index in [0.717, 1.165) is 22.9 Å². The van der Waals surface area contributed by atoms with Gasteiger partial charge in [0.2, 0.25) is 5.82 Å². The maximum Gasteiger partial charge on any atom is 0.348 e. The Labute approximate surface area is 189 Å². The molecule has 1 aliphatic heterocycles. The summed E-state index contributed by atoms with van der Waals surface area (Å²) in [5.74, 6) is -2.68. The molecule has 166 valence electrons. The molecule has 1 N–H and O–H groups in total. The van der Waals surface area contributed by atoms with Crippen molar-refractivity contribution in [2.45, 2.75) is 32.9 Å². The number of fused-ring (bicyclic) bond motifs is 1. The van der Waals surface area contributed by atoms with Crippen LogP contribution in [0.5, 0.6) is 5.75 Å². The third-order valence-electron chi connectivity index (χ3n) is 5.36. The fraction of sp³-hybridized carbons (Fsp3) is 0.240. The zero-order valence-electron chi connectivity index (χ0n) is 18.2. The van der Waals surface area contributed by atoms with Crippen molar-refractivity contribution in [1.29, 1.82) is 0 Å². The van der Waals surface area contributed by atoms with E-state index in [1.54, 1.807) is 17.5 Å². The first kappa shape index (κ1) is 22.0. The summed E-state index contributed by atoms with van der Waals surface area (Å²) < 4.78 is 39.2. The van der Waals surface area contributed by atoms with E-state index in [1.165, 1.54) is 24.5 Å². The molecular formula is C25H23F2NO3S. The average molecular weight is 456 g/mol. The molecule has 2 heterocycles. The number of hydrogen-bond donors (Lipinski definition) is 1. The maximum absolute atomic E-state index is 14.5. The summed E-state index contributed by atoms with van der Waals surface area (Å²) in [6, 6.07) is 9.73. The van der Waals surface area contributed by atoms with Crippen LogP contribution in [0.4, 0.5) is 14.5 Å². The second kappa shape index (κ2) is 8.39. The Bertz CT molecular complexity index is 1220. The van der Waals surface area contributed by atoms with Crippen molar-refractivity contribution >= 4 is 28.6 Å². The summed E-state index contributed by atoms with van der Waals surface area (Å²) in [7, 11) is 1.30. The summed E-state index contributed by atoms with van der Waals surface area (Å²) in [4.78, 5) is 13.0. The number of halogens is 2. The molecular weight excluding hydrogens is 432 g/mol. The molecule has 4 rings (SSSR count). The van der Waals surface area contributed by atoms with Gasteiger partial charge in [0.1, 0.15) is 11.5 Å². The number of ether oxygens (including phenoxy) is 2. The second-order valence-corrected chi connectivity index (χ2v) is 9.13. The van der Waals surface area contributed by atoms with Crippen molar-refractivity contribution in [3.05, 3.63) is 75.5 Å². The highest BCUT2D eigenvalue weighted by molar-refractivity contribution is 7.11. The standard InChI is InChI=1S/C25H23F2NO3S/c1-14-12-25(2,3)28-19-10-8-15(16-7-9-18(26)22(27)23(16)30-4)17(21(14)19)13-31-24(29)20-6-5-11-32-20/h5-12,28H,13H2,1-4H3. The number of thiophene rings is 1. The Hall–Kier alpha value is -3.19. The molecule has 7 heteroatoms. The van der Waals surface area contributed by atoms with Crippen LogP contribution in [0.1, 0.15) is 41.6 Å². The molecule has 0 saturated heterocycles. The van der Waals surface area contributed by atoms with Crippen LogP contribution in [0.15, 0.2) is 47.9 Å². The number of nitrogens with one attached hydrogen (secondary N) is 1. The highest BCUT2D eigenvalue weighted by Gasteiger charge is 2.28. The third kappa shape index (κ3) is 4.00. The molecule has 0 fully saturated rings. The van der Waals surface area contributed by atoms with Crippen LogP contribution in [0.25, 0.3) is 16.7 Å². The average Bonchev–Trinajstić information content (AvgIpc) is 3.27. The first-order valence-corrected chi connectivity index (χ1v) is 11.0. The predicted octanol–water partition coefficient (Wildman–Crippen LogP) is 6.67. The molecule has 1 aromatic heterocycles. The number of esters is 1. The number of benzene rings is 2. The molecule has 0 radical (unpaired) electrons. The van der Waals surface area contributed by atoms with Gasteiger partial charge < -0.3 is 14.8 Å². The number of carbonyl (C=O) groups excluding carboxylic acids is 1. The lowest BCUT2D eigenvalue weighted by Gasteiger charge is -2.33. The molecule has 0 atom stereocenters. The van der Waals surface area contributed by atoms with E-state index < -0.39 is 17.6 Å². The van der Waals surface area contributed by atoms with Gasteiger partial charge in [0.15, 0.2) is 11.6 Å². The Morgan fingerprint density at radius 3 is 2.56 bits per heavy atom. The van der Waals surface area contributed by atoms with Crippen molar-refractivity contribution < 1.29 is 23.0 Å². The minimum absolute atomic E-state index is 0.0370. The van der Waals surface area contributed by atoms with Crippen molar-refractivity contribution in [3.63, 3.8) is 0 Å². The second-order valence-electron chi connectivity index (χ2n) is 8.18. The number of rotatable bonds is 5. The SMILES string of the molecule is COc1c(-c2ccc3c(c2COC(=O)c2cccs2)C(C)=CC(C)(C)N3)ccc(F)c1F. The Morgan fingerprint density at radius 2 is 1.88 bits per heavy atom. The highest BCUT2D eigenvalue weighted by atomic mass is 32.1. The van der Waals surface area contributed by atoms with Crippen LogP contribution < -0.4 is 10.1 Å². The lowest BCUT2D eigenvalue weighted by molar-refractivity contribution is 0.0479. The van der Waals surface area contributed by atoms with E-state index in [4.69, 9.17) is 9.47 Å². The molecule has 0 unspecified atom stereocenters. The number of allylic oxidation sites excluding steroid dienone is 1. The van der Waals surface area contributed by atoms with Gasteiger partial charge in [0.05, 0.1) is 12.6 Å². The van der Waals surface area contributed by atoms with Gasteiger partial charge in [0, 0.05) is 22.4 Å². The smallest absolute Gasteiger partial charge is 0.348 e.